The molecule has 1 aliphatic heterocycles. The quantitative estimate of drug-likeness (QED) is 0.632. The molecule has 0 bridgehead atoms. The van der Waals surface area contributed by atoms with Crippen molar-refractivity contribution in [2.75, 3.05) is 11.9 Å². The molecule has 4 N–H and O–H groups in total. The molecule has 6 heteroatoms. The van der Waals surface area contributed by atoms with Gasteiger partial charge >= 0.3 is 0 Å². The lowest BCUT2D eigenvalue weighted by Crippen LogP contribution is -2.55. The van der Waals surface area contributed by atoms with Crippen LogP contribution in [-0.2, 0) is 4.74 Å². The topological polar surface area (TPSA) is 82.0 Å². The molecule has 17 heavy (non-hydrogen) atoms. The number of nitrogens with one attached hydrogen (secondary N) is 1. The minimum atomic E-state index is -1.20. The largest absolute Gasteiger partial charge is 0.388 e. The Hall–Kier alpha value is -0.660. The van der Waals surface area contributed by atoms with Gasteiger partial charge in [0, 0.05) is 10.2 Å². The van der Waals surface area contributed by atoms with E-state index in [9.17, 15) is 15.3 Å². The Kier molecular flexibility index (Phi) is 4.01. The van der Waals surface area contributed by atoms with Crippen LogP contribution in [0.5, 0.6) is 0 Å². The predicted molar refractivity (Wildman–Crippen MR) is 65.5 cm³/mol. The summed E-state index contributed by atoms with van der Waals surface area (Å²) in [4.78, 5) is 0. The van der Waals surface area contributed by atoms with E-state index in [2.05, 4.69) is 21.2 Å². The molecule has 5 nitrogen and oxygen atoms in total. The maximum atomic E-state index is 9.72. The van der Waals surface area contributed by atoms with Crippen molar-refractivity contribution >= 4 is 21.6 Å². The standard InChI is InChI=1S/C11H14BrNO4/c12-6-1-3-7(4-2-6)13-11-10(16)9(15)8(14)5-17-11/h1-4,8-11,13-16H,5H2/t8-,9?,10?,11-/m0/s1. The average molecular weight is 304 g/mol. The fourth-order valence-electron chi connectivity index (χ4n) is 1.64. The number of aliphatic hydroxyl groups is 3. The molecule has 0 saturated carbocycles. The number of benzene rings is 1. The second-order valence-electron chi connectivity index (χ2n) is 3.95. The summed E-state index contributed by atoms with van der Waals surface area (Å²) in [7, 11) is 0. The van der Waals surface area contributed by atoms with Crippen LogP contribution in [0.3, 0.4) is 0 Å². The van der Waals surface area contributed by atoms with Crippen molar-refractivity contribution in [2.24, 2.45) is 0 Å². The number of anilines is 1. The number of aliphatic hydroxyl groups excluding tert-OH is 3. The molecular formula is C11H14BrNO4. The molecule has 1 aromatic carbocycles. The average Bonchev–Trinajstić information content (AvgIpc) is 2.33. The first-order chi connectivity index (χ1) is 8.08. The van der Waals surface area contributed by atoms with Gasteiger partial charge in [0.1, 0.15) is 18.3 Å². The van der Waals surface area contributed by atoms with Crippen molar-refractivity contribution in [3.63, 3.8) is 0 Å². The highest BCUT2D eigenvalue weighted by Gasteiger charge is 2.37. The van der Waals surface area contributed by atoms with Crippen LogP contribution >= 0.6 is 15.9 Å². The summed E-state index contributed by atoms with van der Waals surface area (Å²) in [6.45, 7) is -0.00752. The van der Waals surface area contributed by atoms with Gasteiger partial charge in [0.25, 0.3) is 0 Å². The van der Waals surface area contributed by atoms with E-state index in [0.717, 1.165) is 10.2 Å². The van der Waals surface area contributed by atoms with Gasteiger partial charge in [-0.15, -0.1) is 0 Å². The second kappa shape index (κ2) is 5.32. The Labute approximate surface area is 107 Å². The molecule has 94 valence electrons. The number of halogens is 1. The fourth-order valence-corrected chi connectivity index (χ4v) is 1.91. The first kappa shape index (κ1) is 12.8. The number of hydrogen-bond acceptors (Lipinski definition) is 5. The van der Waals surface area contributed by atoms with Crippen LogP contribution in [0.2, 0.25) is 0 Å². The molecule has 4 atom stereocenters. The number of rotatable bonds is 2. The van der Waals surface area contributed by atoms with Gasteiger partial charge < -0.3 is 25.4 Å². The van der Waals surface area contributed by atoms with E-state index in [1.165, 1.54) is 0 Å². The van der Waals surface area contributed by atoms with Crippen molar-refractivity contribution in [3.05, 3.63) is 28.7 Å². The lowest BCUT2D eigenvalue weighted by molar-refractivity contribution is -0.178. The van der Waals surface area contributed by atoms with E-state index in [1.807, 2.05) is 24.3 Å². The first-order valence-corrected chi connectivity index (χ1v) is 6.05. The lowest BCUT2D eigenvalue weighted by atomic mass is 10.0. The van der Waals surface area contributed by atoms with Crippen LogP contribution < -0.4 is 5.32 Å². The van der Waals surface area contributed by atoms with Crippen LogP contribution in [0.1, 0.15) is 0 Å². The maximum absolute atomic E-state index is 9.72. The Morgan fingerprint density at radius 2 is 1.76 bits per heavy atom. The highest BCUT2D eigenvalue weighted by atomic mass is 79.9. The molecule has 2 unspecified atom stereocenters. The third kappa shape index (κ3) is 2.97. The normalized spacial score (nSPS) is 33.4. The van der Waals surface area contributed by atoms with Gasteiger partial charge in [-0.3, -0.25) is 0 Å². The van der Waals surface area contributed by atoms with Crippen LogP contribution in [0, 0.1) is 0 Å². The van der Waals surface area contributed by atoms with Gasteiger partial charge in [-0.1, -0.05) is 15.9 Å². The molecule has 1 heterocycles. The van der Waals surface area contributed by atoms with E-state index in [-0.39, 0.29) is 6.61 Å². The van der Waals surface area contributed by atoms with Crippen molar-refractivity contribution in [1.29, 1.82) is 0 Å². The molecule has 0 amide bonds. The van der Waals surface area contributed by atoms with Crippen molar-refractivity contribution in [2.45, 2.75) is 24.5 Å². The SMILES string of the molecule is OC1C(O)[C@@H](Nc2ccc(Br)cc2)OC[C@@H]1O. The molecule has 1 saturated heterocycles. The molecule has 2 rings (SSSR count). The predicted octanol–water partition coefficient (Wildman–Crippen LogP) is 0.300. The van der Waals surface area contributed by atoms with Crippen LogP contribution in [-0.4, -0.2) is 46.5 Å². The van der Waals surface area contributed by atoms with Crippen LogP contribution in [0.4, 0.5) is 5.69 Å². The molecule has 0 aromatic heterocycles. The van der Waals surface area contributed by atoms with E-state index in [1.54, 1.807) is 0 Å². The Balaban J connectivity index is 2.01. The fraction of sp³-hybridized carbons (Fsp3) is 0.455. The zero-order chi connectivity index (χ0) is 12.4. The number of hydrogen-bond donors (Lipinski definition) is 4. The van der Waals surface area contributed by atoms with E-state index < -0.39 is 24.5 Å². The van der Waals surface area contributed by atoms with Gasteiger partial charge in [-0.05, 0) is 24.3 Å². The minimum absolute atomic E-state index is 0.00752. The van der Waals surface area contributed by atoms with Crippen molar-refractivity contribution in [1.82, 2.24) is 0 Å². The summed E-state index contributed by atoms with van der Waals surface area (Å²) >= 11 is 3.32. The second-order valence-corrected chi connectivity index (χ2v) is 4.87. The van der Waals surface area contributed by atoms with Crippen molar-refractivity contribution < 1.29 is 20.1 Å². The molecule has 1 fully saturated rings. The molecular weight excluding hydrogens is 290 g/mol. The Morgan fingerprint density at radius 3 is 2.41 bits per heavy atom. The zero-order valence-electron chi connectivity index (χ0n) is 8.95. The smallest absolute Gasteiger partial charge is 0.156 e. The molecule has 1 aromatic rings. The highest BCUT2D eigenvalue weighted by molar-refractivity contribution is 9.10. The van der Waals surface area contributed by atoms with E-state index in [0.29, 0.717) is 0 Å². The Morgan fingerprint density at radius 1 is 1.12 bits per heavy atom. The Bertz CT molecular complexity index is 372. The summed E-state index contributed by atoms with van der Waals surface area (Å²) in [5.41, 5.74) is 0.765. The first-order valence-electron chi connectivity index (χ1n) is 5.26. The summed E-state index contributed by atoms with van der Waals surface area (Å²) in [6.07, 6.45) is -4.14. The van der Waals surface area contributed by atoms with Crippen molar-refractivity contribution in [3.8, 4) is 0 Å². The van der Waals surface area contributed by atoms with Gasteiger partial charge in [-0.25, -0.2) is 0 Å². The van der Waals surface area contributed by atoms with E-state index in [4.69, 9.17) is 4.74 Å². The van der Waals surface area contributed by atoms with Gasteiger partial charge in [0.15, 0.2) is 6.23 Å². The molecule has 1 aliphatic rings. The summed E-state index contributed by atoms with van der Waals surface area (Å²) < 4.78 is 6.17. The van der Waals surface area contributed by atoms with Gasteiger partial charge in [-0.2, -0.15) is 0 Å². The summed E-state index contributed by atoms with van der Waals surface area (Å²) in [6, 6.07) is 7.33. The molecule has 0 aliphatic carbocycles. The van der Waals surface area contributed by atoms with Gasteiger partial charge in [0.05, 0.1) is 6.61 Å². The highest BCUT2D eigenvalue weighted by Crippen LogP contribution is 2.20. The van der Waals surface area contributed by atoms with Crippen LogP contribution in [0.25, 0.3) is 0 Å². The summed E-state index contributed by atoms with van der Waals surface area (Å²) in [5, 5.41) is 31.5. The summed E-state index contributed by atoms with van der Waals surface area (Å²) in [5.74, 6) is 0. The number of ether oxygens (including phenoxy) is 1. The molecule has 0 radical (unpaired) electrons. The monoisotopic (exact) mass is 303 g/mol. The van der Waals surface area contributed by atoms with E-state index >= 15 is 0 Å². The lowest BCUT2D eigenvalue weighted by Gasteiger charge is -2.35. The van der Waals surface area contributed by atoms with Crippen LogP contribution in [0.15, 0.2) is 28.7 Å². The maximum Gasteiger partial charge on any atom is 0.156 e. The minimum Gasteiger partial charge on any atom is -0.388 e. The molecule has 0 spiro atoms. The van der Waals surface area contributed by atoms with Gasteiger partial charge in [0.2, 0.25) is 0 Å². The zero-order valence-corrected chi connectivity index (χ0v) is 10.5. The third-order valence-electron chi connectivity index (χ3n) is 2.65. The third-order valence-corrected chi connectivity index (χ3v) is 3.18.